The third-order valence-electron chi connectivity index (χ3n) is 3.39. The third-order valence-corrected chi connectivity index (χ3v) is 5.06. The summed E-state index contributed by atoms with van der Waals surface area (Å²) >= 11 is 7.53. The van der Waals surface area contributed by atoms with Crippen LogP contribution in [0.25, 0.3) is 0 Å². The molecule has 0 aliphatic rings. The van der Waals surface area contributed by atoms with Crippen molar-refractivity contribution < 1.29 is 4.79 Å². The number of aromatic nitrogens is 2. The van der Waals surface area contributed by atoms with Crippen molar-refractivity contribution in [2.75, 3.05) is 13.1 Å². The summed E-state index contributed by atoms with van der Waals surface area (Å²) in [5.41, 5.74) is 1.35. The van der Waals surface area contributed by atoms with Gasteiger partial charge in [-0.15, -0.1) is 0 Å². The van der Waals surface area contributed by atoms with E-state index >= 15 is 0 Å². The lowest BCUT2D eigenvalue weighted by molar-refractivity contribution is 0.201. The molecule has 1 aromatic carbocycles. The number of carbonyl (C=O) groups excluding carboxylic acids is 1. The number of benzene rings is 1. The zero-order valence-corrected chi connectivity index (χ0v) is 14.8. The summed E-state index contributed by atoms with van der Waals surface area (Å²) < 4.78 is 1.22. The molecule has 0 spiro atoms. The number of nitrogens with zero attached hydrogens (tertiary/aromatic N) is 4. The van der Waals surface area contributed by atoms with Crippen LogP contribution in [0.1, 0.15) is 25.0 Å². The molecule has 2 aromatic rings. The molecule has 1 heterocycles. The van der Waals surface area contributed by atoms with Gasteiger partial charge in [-0.1, -0.05) is 35.5 Å². The Morgan fingerprint density at radius 3 is 2.70 bits per heavy atom. The summed E-state index contributed by atoms with van der Waals surface area (Å²) in [4.78, 5) is 14.8. The van der Waals surface area contributed by atoms with E-state index in [1.54, 1.807) is 11.0 Å². The standard InChI is InChI=1S/C16H17ClN4OS/c1-4-20(5-2)16(22)21-10-12(9-18)15(19-21)23-14-11(3)7-6-8-13(14)17/h6-8,10H,4-5H2,1-3H3. The second-order valence-electron chi connectivity index (χ2n) is 4.85. The molecule has 0 atom stereocenters. The van der Waals surface area contributed by atoms with Gasteiger partial charge in [0.05, 0.1) is 11.2 Å². The normalized spacial score (nSPS) is 10.4. The molecule has 0 bridgehead atoms. The SMILES string of the molecule is CCN(CC)C(=O)n1cc(C#N)c(Sc2c(C)cccc2Cl)n1. The number of aryl methyl sites for hydroxylation is 1. The molecule has 120 valence electrons. The second-order valence-corrected chi connectivity index (χ2v) is 6.25. The van der Waals surface area contributed by atoms with Crippen molar-refractivity contribution >= 4 is 29.4 Å². The predicted octanol–water partition coefficient (Wildman–Crippen LogP) is 4.18. The number of hydrogen-bond acceptors (Lipinski definition) is 4. The van der Waals surface area contributed by atoms with Gasteiger partial charge in [-0.25, -0.2) is 4.79 Å². The van der Waals surface area contributed by atoms with E-state index in [4.69, 9.17) is 11.6 Å². The van der Waals surface area contributed by atoms with E-state index in [1.807, 2.05) is 32.9 Å². The number of hydrogen-bond donors (Lipinski definition) is 0. The van der Waals surface area contributed by atoms with Gasteiger partial charge in [0.25, 0.3) is 0 Å². The largest absolute Gasteiger partial charge is 0.344 e. The molecular weight excluding hydrogens is 332 g/mol. The Morgan fingerprint density at radius 1 is 1.43 bits per heavy atom. The Kier molecular flexibility index (Phi) is 5.69. The second kappa shape index (κ2) is 7.53. The molecule has 0 aliphatic heterocycles. The fourth-order valence-corrected chi connectivity index (χ4v) is 3.35. The van der Waals surface area contributed by atoms with Crippen LogP contribution in [0.3, 0.4) is 0 Å². The maximum absolute atomic E-state index is 12.4. The summed E-state index contributed by atoms with van der Waals surface area (Å²) in [7, 11) is 0. The highest BCUT2D eigenvalue weighted by Gasteiger charge is 2.19. The van der Waals surface area contributed by atoms with Gasteiger partial charge >= 0.3 is 6.03 Å². The summed E-state index contributed by atoms with van der Waals surface area (Å²) in [6, 6.07) is 7.45. The van der Waals surface area contributed by atoms with Gasteiger partial charge in [-0.05, 0) is 32.4 Å². The Labute approximate surface area is 144 Å². The molecule has 0 saturated carbocycles. The first-order valence-electron chi connectivity index (χ1n) is 7.23. The lowest BCUT2D eigenvalue weighted by atomic mass is 10.2. The maximum atomic E-state index is 12.4. The maximum Gasteiger partial charge on any atom is 0.344 e. The van der Waals surface area contributed by atoms with Crippen molar-refractivity contribution in [3.05, 3.63) is 40.5 Å². The number of halogens is 1. The molecule has 1 aromatic heterocycles. The molecule has 0 unspecified atom stereocenters. The summed E-state index contributed by atoms with van der Waals surface area (Å²) in [6.45, 7) is 6.92. The molecule has 0 fully saturated rings. The van der Waals surface area contributed by atoms with Crippen LogP contribution in [0.5, 0.6) is 0 Å². The van der Waals surface area contributed by atoms with Crippen molar-refractivity contribution in [3.63, 3.8) is 0 Å². The molecule has 1 amide bonds. The Morgan fingerprint density at radius 2 is 2.13 bits per heavy atom. The quantitative estimate of drug-likeness (QED) is 0.831. The molecule has 2 rings (SSSR count). The predicted molar refractivity (Wildman–Crippen MR) is 91.0 cm³/mol. The number of nitriles is 1. The molecular formula is C16H17ClN4OS. The van der Waals surface area contributed by atoms with E-state index in [2.05, 4.69) is 11.2 Å². The molecule has 0 aliphatic carbocycles. The van der Waals surface area contributed by atoms with Crippen molar-refractivity contribution in [3.8, 4) is 6.07 Å². The topological polar surface area (TPSA) is 61.9 Å². The van der Waals surface area contributed by atoms with Gasteiger partial charge in [-0.2, -0.15) is 15.0 Å². The third kappa shape index (κ3) is 3.69. The van der Waals surface area contributed by atoms with Gasteiger partial charge in [-0.3, -0.25) is 0 Å². The van der Waals surface area contributed by atoms with Crippen LogP contribution < -0.4 is 0 Å². The van der Waals surface area contributed by atoms with E-state index in [0.717, 1.165) is 10.5 Å². The lowest BCUT2D eigenvalue weighted by Crippen LogP contribution is -2.34. The van der Waals surface area contributed by atoms with Crippen LogP contribution in [0.2, 0.25) is 5.02 Å². The van der Waals surface area contributed by atoms with Crippen LogP contribution in [0.15, 0.2) is 34.3 Å². The molecule has 0 saturated heterocycles. The average molecular weight is 349 g/mol. The zero-order valence-electron chi connectivity index (χ0n) is 13.2. The Bertz CT molecular complexity index is 742. The Balaban J connectivity index is 2.37. The van der Waals surface area contributed by atoms with E-state index in [0.29, 0.717) is 28.7 Å². The fourth-order valence-electron chi connectivity index (χ4n) is 2.09. The molecule has 23 heavy (non-hydrogen) atoms. The van der Waals surface area contributed by atoms with E-state index in [1.165, 1.54) is 22.6 Å². The van der Waals surface area contributed by atoms with Crippen LogP contribution in [0, 0.1) is 18.3 Å². The van der Waals surface area contributed by atoms with E-state index in [-0.39, 0.29) is 6.03 Å². The van der Waals surface area contributed by atoms with Gasteiger partial charge < -0.3 is 4.90 Å². The van der Waals surface area contributed by atoms with Crippen LogP contribution in [-0.2, 0) is 0 Å². The van der Waals surface area contributed by atoms with Gasteiger partial charge in [0.1, 0.15) is 16.7 Å². The number of rotatable bonds is 4. The van der Waals surface area contributed by atoms with Crippen molar-refractivity contribution in [2.45, 2.75) is 30.7 Å². The van der Waals surface area contributed by atoms with Crippen LogP contribution in [-0.4, -0.2) is 33.8 Å². The highest BCUT2D eigenvalue weighted by molar-refractivity contribution is 7.99. The van der Waals surface area contributed by atoms with Crippen molar-refractivity contribution in [2.24, 2.45) is 0 Å². The highest BCUT2D eigenvalue weighted by atomic mass is 35.5. The first-order chi connectivity index (χ1) is 11.0. The molecule has 7 heteroatoms. The van der Waals surface area contributed by atoms with Gasteiger partial charge in [0, 0.05) is 18.0 Å². The van der Waals surface area contributed by atoms with Crippen molar-refractivity contribution in [1.29, 1.82) is 5.26 Å². The Hall–Kier alpha value is -1.97. The minimum absolute atomic E-state index is 0.241. The average Bonchev–Trinajstić information content (AvgIpc) is 2.95. The minimum atomic E-state index is -0.241. The van der Waals surface area contributed by atoms with Crippen molar-refractivity contribution in [1.82, 2.24) is 14.7 Å². The summed E-state index contributed by atoms with van der Waals surface area (Å²) in [5, 5.41) is 14.7. The summed E-state index contributed by atoms with van der Waals surface area (Å²) in [5.74, 6) is 0. The zero-order chi connectivity index (χ0) is 17.0. The van der Waals surface area contributed by atoms with E-state index in [9.17, 15) is 10.1 Å². The molecule has 0 radical (unpaired) electrons. The highest BCUT2D eigenvalue weighted by Crippen LogP contribution is 2.36. The smallest absolute Gasteiger partial charge is 0.323 e. The van der Waals surface area contributed by atoms with Gasteiger partial charge in [0.2, 0.25) is 0 Å². The fraction of sp³-hybridized carbons (Fsp3) is 0.312. The first kappa shape index (κ1) is 17.4. The van der Waals surface area contributed by atoms with Crippen LogP contribution >= 0.6 is 23.4 Å². The first-order valence-corrected chi connectivity index (χ1v) is 8.43. The van der Waals surface area contributed by atoms with Gasteiger partial charge in [0.15, 0.2) is 0 Å². The summed E-state index contributed by atoms with van der Waals surface area (Å²) in [6.07, 6.45) is 1.47. The lowest BCUT2D eigenvalue weighted by Gasteiger charge is -2.17. The molecule has 5 nitrogen and oxygen atoms in total. The molecule has 0 N–H and O–H groups in total. The number of carbonyl (C=O) groups is 1. The minimum Gasteiger partial charge on any atom is -0.323 e. The van der Waals surface area contributed by atoms with E-state index < -0.39 is 0 Å². The van der Waals surface area contributed by atoms with Crippen LogP contribution in [0.4, 0.5) is 4.79 Å². The monoisotopic (exact) mass is 348 g/mol. The number of amides is 1.